The Morgan fingerprint density at radius 1 is 0.852 bits per heavy atom. The topological polar surface area (TPSA) is 62.4 Å². The van der Waals surface area contributed by atoms with E-state index in [-0.39, 0.29) is 22.8 Å². The lowest BCUT2D eigenvalue weighted by molar-refractivity contribution is 0.103. The molecule has 0 saturated heterocycles. The second-order valence-corrected chi connectivity index (χ2v) is 5.34. The van der Waals surface area contributed by atoms with Crippen LogP contribution in [0.3, 0.4) is 0 Å². The number of nitrogens with one attached hydrogen (secondary N) is 1. The third kappa shape index (κ3) is 5.47. The minimum atomic E-state index is -0.349. The molecule has 0 radical (unpaired) electrons. The minimum Gasteiger partial charge on any atom is -0.302 e. The maximum Gasteiger partial charge on any atom is 0.234 e. The Balaban J connectivity index is 2.07. The molecule has 0 atom stereocenters. The summed E-state index contributed by atoms with van der Waals surface area (Å²) in [4.78, 5) is 27.7. The molecule has 2 aromatic rings. The highest BCUT2D eigenvalue weighted by Crippen LogP contribution is 2.10. The summed E-state index contributed by atoms with van der Waals surface area (Å²) in [6.07, 6.45) is 7.56. The van der Waals surface area contributed by atoms with Crippen LogP contribution in [-0.2, 0) is 0 Å². The van der Waals surface area contributed by atoms with Crippen LogP contribution in [0.5, 0.6) is 0 Å². The number of hydrogen-bond acceptors (Lipinski definition) is 3. The van der Waals surface area contributed by atoms with Gasteiger partial charge in [-0.05, 0) is 11.9 Å². The lowest BCUT2D eigenvalue weighted by atomic mass is 10.0. The molecule has 1 N–H and O–H groups in total. The monoisotopic (exact) mass is 352 g/mol. The molecule has 0 fully saturated rings. The summed E-state index contributed by atoms with van der Waals surface area (Å²) in [5.41, 5.74) is 1.03. The average molecular weight is 352 g/mol. The highest BCUT2D eigenvalue weighted by Gasteiger charge is 2.11. The summed E-state index contributed by atoms with van der Waals surface area (Å²) in [7, 11) is 0. The Bertz CT molecular complexity index is 1000. The van der Waals surface area contributed by atoms with Crippen molar-refractivity contribution in [1.29, 1.82) is 5.41 Å². The first-order chi connectivity index (χ1) is 13.2. The van der Waals surface area contributed by atoms with Gasteiger partial charge in [-0.1, -0.05) is 85.0 Å². The van der Waals surface area contributed by atoms with Crippen LogP contribution in [-0.4, -0.2) is 17.4 Å². The van der Waals surface area contributed by atoms with E-state index in [0.717, 1.165) is 0 Å². The van der Waals surface area contributed by atoms with Crippen molar-refractivity contribution in [3.63, 3.8) is 0 Å². The quantitative estimate of drug-likeness (QED) is 0.255. The molecular formula is C23H16N2O2. The van der Waals surface area contributed by atoms with Gasteiger partial charge in [-0.2, -0.15) is 0 Å². The molecule has 0 saturated carbocycles. The van der Waals surface area contributed by atoms with Crippen molar-refractivity contribution in [2.24, 2.45) is 0 Å². The van der Waals surface area contributed by atoms with Gasteiger partial charge in [-0.15, -0.1) is 0 Å². The van der Waals surface area contributed by atoms with E-state index in [1.165, 1.54) is 12.2 Å². The highest BCUT2D eigenvalue weighted by molar-refractivity contribution is 6.15. The number of ketones is 2. The number of rotatable bonds is 7. The molecule has 0 aliphatic rings. The van der Waals surface area contributed by atoms with Crippen LogP contribution in [0, 0.1) is 12.0 Å². The van der Waals surface area contributed by atoms with Gasteiger partial charge in [-0.25, -0.2) is 4.85 Å². The fraction of sp³-hybridized carbons (Fsp3) is 0. The number of Topliss-reactive ketones (excluding diaryl/α,β-unsaturated/α-hetero) is 2. The van der Waals surface area contributed by atoms with E-state index in [0.29, 0.717) is 11.1 Å². The molecule has 0 amide bonds. The second kappa shape index (κ2) is 10.0. The van der Waals surface area contributed by atoms with Crippen molar-refractivity contribution in [2.75, 3.05) is 0 Å². The van der Waals surface area contributed by atoms with E-state index in [1.807, 2.05) is 0 Å². The minimum absolute atomic E-state index is 0.00553. The number of carbonyl (C=O) groups is 2. The van der Waals surface area contributed by atoms with Gasteiger partial charge in [0.25, 0.3) is 0 Å². The van der Waals surface area contributed by atoms with Crippen molar-refractivity contribution in [3.05, 3.63) is 125 Å². The third-order valence-electron chi connectivity index (χ3n) is 3.54. The van der Waals surface area contributed by atoms with Gasteiger partial charge in [0.1, 0.15) is 0 Å². The third-order valence-corrected chi connectivity index (χ3v) is 3.54. The van der Waals surface area contributed by atoms with E-state index in [4.69, 9.17) is 12.0 Å². The second-order valence-electron chi connectivity index (χ2n) is 5.34. The smallest absolute Gasteiger partial charge is 0.234 e. The molecule has 0 spiro atoms. The fourth-order valence-electron chi connectivity index (χ4n) is 2.18. The van der Waals surface area contributed by atoms with E-state index in [9.17, 15) is 9.59 Å². The first kappa shape index (κ1) is 19.3. The molecule has 4 heteroatoms. The predicted octanol–water partition coefficient (Wildman–Crippen LogP) is 4.84. The fourth-order valence-corrected chi connectivity index (χ4v) is 2.18. The SMILES string of the molecule is [C-]#[N+]/C(=C/C=C/C=C/C(=C=N)C(=O)c1ccccc1)C(=O)c1ccccc1. The highest BCUT2D eigenvalue weighted by atomic mass is 16.1. The number of benzene rings is 2. The van der Waals surface area contributed by atoms with Crippen LogP contribution in [0.25, 0.3) is 4.85 Å². The Morgan fingerprint density at radius 2 is 1.41 bits per heavy atom. The molecule has 0 aromatic heterocycles. The van der Waals surface area contributed by atoms with E-state index >= 15 is 0 Å². The molecule has 4 nitrogen and oxygen atoms in total. The van der Waals surface area contributed by atoms with Crippen LogP contribution < -0.4 is 0 Å². The van der Waals surface area contributed by atoms with Crippen molar-refractivity contribution < 1.29 is 9.59 Å². The summed E-state index contributed by atoms with van der Waals surface area (Å²) in [6.45, 7) is 7.17. The van der Waals surface area contributed by atoms with Crippen LogP contribution in [0.15, 0.2) is 102 Å². The molecule has 130 valence electrons. The molecular weight excluding hydrogens is 336 g/mol. The van der Waals surface area contributed by atoms with Gasteiger partial charge < -0.3 is 4.79 Å². The Hall–Kier alpha value is -4.06. The van der Waals surface area contributed by atoms with Crippen molar-refractivity contribution in [1.82, 2.24) is 0 Å². The van der Waals surface area contributed by atoms with Gasteiger partial charge in [0.2, 0.25) is 11.5 Å². The molecule has 27 heavy (non-hydrogen) atoms. The molecule has 0 aliphatic heterocycles. The van der Waals surface area contributed by atoms with Gasteiger partial charge in [0, 0.05) is 11.1 Å². The molecule has 2 rings (SSSR count). The molecule has 0 bridgehead atoms. The first-order valence-electron chi connectivity index (χ1n) is 8.09. The zero-order valence-corrected chi connectivity index (χ0v) is 14.4. The van der Waals surface area contributed by atoms with Crippen molar-refractivity contribution >= 4 is 17.4 Å². The zero-order chi connectivity index (χ0) is 19.5. The van der Waals surface area contributed by atoms with Gasteiger partial charge in [-0.3, -0.25) is 10.2 Å². The molecule has 0 aliphatic carbocycles. The lowest BCUT2D eigenvalue weighted by Gasteiger charge is -1.98. The Kier molecular flexibility index (Phi) is 7.17. The largest absolute Gasteiger partial charge is 0.302 e. The zero-order valence-electron chi connectivity index (χ0n) is 14.4. The molecule has 0 heterocycles. The number of hydrogen-bond donors (Lipinski definition) is 1. The van der Waals surface area contributed by atoms with Crippen LogP contribution in [0.2, 0.25) is 0 Å². The Morgan fingerprint density at radius 3 is 1.93 bits per heavy atom. The summed E-state index contributed by atoms with van der Waals surface area (Å²) in [5, 5.41) is 7.29. The summed E-state index contributed by atoms with van der Waals surface area (Å²) in [6, 6.07) is 17.2. The van der Waals surface area contributed by atoms with Crippen molar-refractivity contribution in [3.8, 4) is 0 Å². The van der Waals surface area contributed by atoms with E-state index in [1.54, 1.807) is 78.9 Å². The van der Waals surface area contributed by atoms with Crippen LogP contribution in [0.1, 0.15) is 20.7 Å². The first-order valence-corrected chi connectivity index (χ1v) is 8.09. The Labute approximate surface area is 157 Å². The summed E-state index contributed by atoms with van der Waals surface area (Å²) >= 11 is 0. The maximum atomic E-state index is 12.2. The van der Waals surface area contributed by atoms with E-state index < -0.39 is 0 Å². The average Bonchev–Trinajstić information content (AvgIpc) is 2.74. The standard InChI is InChI=1S/C23H16N2O2/c1-25-21(23(27)19-13-7-3-8-14-19)16-10-4-9-15-20(17-24)22(26)18-11-5-2-6-12-18/h2-16,24H/b10-4+,15-9+,21-16+. The van der Waals surface area contributed by atoms with Crippen LogP contribution in [0.4, 0.5) is 0 Å². The predicted molar refractivity (Wildman–Crippen MR) is 106 cm³/mol. The summed E-state index contributed by atoms with van der Waals surface area (Å²) < 4.78 is 0. The van der Waals surface area contributed by atoms with Gasteiger partial charge >= 0.3 is 0 Å². The van der Waals surface area contributed by atoms with Crippen LogP contribution >= 0.6 is 0 Å². The lowest BCUT2D eigenvalue weighted by Crippen LogP contribution is -2.01. The number of carbonyl (C=O) groups excluding carboxylic acids is 2. The normalized spacial score (nSPS) is 11.1. The molecule has 0 unspecified atom stereocenters. The van der Waals surface area contributed by atoms with E-state index in [2.05, 4.69) is 10.7 Å². The molecule has 2 aromatic carbocycles. The maximum absolute atomic E-state index is 12.2. The number of allylic oxidation sites excluding steroid dienone is 7. The number of nitrogens with zero attached hydrogens (tertiary/aromatic N) is 1. The van der Waals surface area contributed by atoms with Gasteiger partial charge in [0.15, 0.2) is 5.78 Å². The van der Waals surface area contributed by atoms with Crippen molar-refractivity contribution in [2.45, 2.75) is 0 Å². The summed E-state index contributed by atoms with van der Waals surface area (Å²) in [5.74, 6) is 1.48. The van der Waals surface area contributed by atoms with Gasteiger partial charge in [0.05, 0.1) is 12.1 Å².